The summed E-state index contributed by atoms with van der Waals surface area (Å²) in [5.74, 6) is 0.0234. The van der Waals surface area contributed by atoms with E-state index in [1.807, 2.05) is 6.92 Å². The molecule has 1 atom stereocenters. The van der Waals surface area contributed by atoms with Crippen LogP contribution >= 0.6 is 0 Å². The van der Waals surface area contributed by atoms with Gasteiger partial charge in [0.05, 0.1) is 6.07 Å². The number of nitriles is 1. The van der Waals surface area contributed by atoms with Crippen molar-refractivity contribution in [1.29, 1.82) is 5.26 Å². The predicted octanol–water partition coefficient (Wildman–Crippen LogP) is 1.34. The lowest BCUT2D eigenvalue weighted by molar-refractivity contribution is 0.228. The van der Waals surface area contributed by atoms with Crippen LogP contribution in [0.15, 0.2) is 0 Å². The van der Waals surface area contributed by atoms with Gasteiger partial charge >= 0.3 is 0 Å². The van der Waals surface area contributed by atoms with Gasteiger partial charge in [0, 0.05) is 31.6 Å². The zero-order valence-electron chi connectivity index (χ0n) is 10.9. The molecular weight excluding hydrogens is 250 g/mol. The normalized spacial score (nSPS) is 29.0. The van der Waals surface area contributed by atoms with E-state index in [-0.39, 0.29) is 12.0 Å². The third-order valence-electron chi connectivity index (χ3n) is 4.00. The second-order valence-corrected chi connectivity index (χ2v) is 7.15. The van der Waals surface area contributed by atoms with Crippen molar-refractivity contribution in [2.24, 2.45) is 5.92 Å². The molecule has 18 heavy (non-hydrogen) atoms. The van der Waals surface area contributed by atoms with Gasteiger partial charge in [-0.25, -0.2) is 0 Å². The summed E-state index contributed by atoms with van der Waals surface area (Å²) >= 11 is 0. The molecule has 0 N–H and O–H groups in total. The fourth-order valence-electron chi connectivity index (χ4n) is 2.78. The van der Waals surface area contributed by atoms with E-state index in [4.69, 9.17) is 5.26 Å². The fourth-order valence-corrected chi connectivity index (χ4v) is 4.67. The molecule has 2 rings (SSSR count). The van der Waals surface area contributed by atoms with Gasteiger partial charge in [-0.05, 0) is 32.6 Å². The van der Waals surface area contributed by atoms with Crippen LogP contribution in [0.3, 0.4) is 0 Å². The van der Waals surface area contributed by atoms with Crippen LogP contribution in [0, 0.1) is 17.2 Å². The van der Waals surface area contributed by atoms with Crippen molar-refractivity contribution in [3.8, 4) is 6.07 Å². The third-order valence-corrected chi connectivity index (χ3v) is 6.15. The van der Waals surface area contributed by atoms with E-state index < -0.39 is 10.2 Å². The second kappa shape index (κ2) is 5.55. The number of nitrogens with zero attached hydrogens (tertiary/aromatic N) is 3. The van der Waals surface area contributed by atoms with E-state index in [0.29, 0.717) is 32.5 Å². The van der Waals surface area contributed by atoms with Gasteiger partial charge in [-0.1, -0.05) is 6.42 Å². The minimum Gasteiger partial charge on any atom is -0.198 e. The molecule has 6 heteroatoms. The smallest absolute Gasteiger partial charge is 0.198 e. The van der Waals surface area contributed by atoms with E-state index >= 15 is 0 Å². The summed E-state index contributed by atoms with van der Waals surface area (Å²) in [6, 6.07) is 2.34. The minimum atomic E-state index is -3.31. The Morgan fingerprint density at radius 1 is 1.11 bits per heavy atom. The van der Waals surface area contributed by atoms with Crippen LogP contribution in [0.1, 0.15) is 39.0 Å². The molecular formula is C12H21N3O2S. The van der Waals surface area contributed by atoms with Crippen LogP contribution in [0.2, 0.25) is 0 Å². The zero-order chi connectivity index (χ0) is 13.2. The van der Waals surface area contributed by atoms with Gasteiger partial charge in [-0.2, -0.15) is 22.3 Å². The van der Waals surface area contributed by atoms with Gasteiger partial charge in [-0.3, -0.25) is 0 Å². The van der Waals surface area contributed by atoms with Crippen LogP contribution in [-0.4, -0.2) is 42.7 Å². The van der Waals surface area contributed by atoms with Crippen LogP contribution in [0.25, 0.3) is 0 Å². The number of hydrogen-bond donors (Lipinski definition) is 0. The summed E-state index contributed by atoms with van der Waals surface area (Å²) in [4.78, 5) is 0. The zero-order valence-corrected chi connectivity index (χ0v) is 11.7. The lowest BCUT2D eigenvalue weighted by atomic mass is 10.0. The average Bonchev–Trinajstić information content (AvgIpc) is 2.39. The first-order valence-corrected chi connectivity index (χ1v) is 8.12. The van der Waals surface area contributed by atoms with Crippen molar-refractivity contribution in [2.75, 3.05) is 19.6 Å². The molecule has 0 bridgehead atoms. The van der Waals surface area contributed by atoms with E-state index in [9.17, 15) is 8.42 Å². The molecule has 102 valence electrons. The molecule has 0 aromatic heterocycles. The van der Waals surface area contributed by atoms with E-state index in [2.05, 4.69) is 6.07 Å². The molecule has 5 nitrogen and oxygen atoms in total. The minimum absolute atomic E-state index is 0.0234. The van der Waals surface area contributed by atoms with Crippen molar-refractivity contribution in [2.45, 2.75) is 45.1 Å². The van der Waals surface area contributed by atoms with Crippen molar-refractivity contribution in [3.63, 3.8) is 0 Å². The maximum absolute atomic E-state index is 12.5. The molecule has 2 heterocycles. The molecule has 0 aromatic rings. The van der Waals surface area contributed by atoms with E-state index in [1.54, 1.807) is 8.61 Å². The Kier molecular flexibility index (Phi) is 4.25. The first kappa shape index (κ1) is 13.8. The lowest BCUT2D eigenvalue weighted by Crippen LogP contribution is -2.51. The van der Waals surface area contributed by atoms with Crippen molar-refractivity contribution in [1.82, 2.24) is 8.61 Å². The predicted molar refractivity (Wildman–Crippen MR) is 68.8 cm³/mol. The van der Waals surface area contributed by atoms with Crippen LogP contribution in [0.4, 0.5) is 0 Å². The molecule has 0 amide bonds. The SMILES string of the molecule is CC1CCCCN1S(=O)(=O)N1CCC(C#N)CC1. The lowest BCUT2D eigenvalue weighted by Gasteiger charge is -2.38. The Bertz CT molecular complexity index is 421. The fraction of sp³-hybridized carbons (Fsp3) is 0.917. The number of piperidine rings is 2. The molecule has 1 unspecified atom stereocenters. The molecule has 2 fully saturated rings. The quantitative estimate of drug-likeness (QED) is 0.761. The first-order valence-electron chi connectivity index (χ1n) is 6.72. The van der Waals surface area contributed by atoms with Crippen LogP contribution in [0.5, 0.6) is 0 Å². The van der Waals surface area contributed by atoms with Crippen molar-refractivity contribution >= 4 is 10.2 Å². The number of hydrogen-bond acceptors (Lipinski definition) is 3. The standard InChI is InChI=1S/C12H21N3O2S/c1-11-4-2-3-7-15(11)18(16,17)14-8-5-12(10-13)6-9-14/h11-12H,2-9H2,1H3. The average molecular weight is 271 g/mol. The van der Waals surface area contributed by atoms with Gasteiger partial charge in [0.2, 0.25) is 0 Å². The highest BCUT2D eigenvalue weighted by atomic mass is 32.2. The Morgan fingerprint density at radius 3 is 2.33 bits per heavy atom. The first-order chi connectivity index (χ1) is 8.55. The maximum Gasteiger partial charge on any atom is 0.282 e. The Hall–Kier alpha value is -0.640. The monoisotopic (exact) mass is 271 g/mol. The van der Waals surface area contributed by atoms with Crippen molar-refractivity contribution in [3.05, 3.63) is 0 Å². The van der Waals surface area contributed by atoms with Gasteiger partial charge in [-0.15, -0.1) is 0 Å². The Balaban J connectivity index is 2.05. The largest absolute Gasteiger partial charge is 0.282 e. The van der Waals surface area contributed by atoms with E-state index in [0.717, 1.165) is 19.3 Å². The molecule has 2 saturated heterocycles. The molecule has 0 saturated carbocycles. The maximum atomic E-state index is 12.5. The summed E-state index contributed by atoms with van der Waals surface area (Å²) in [6.45, 7) is 3.61. The van der Waals surface area contributed by atoms with Gasteiger partial charge in [0.25, 0.3) is 10.2 Å². The second-order valence-electron chi connectivity index (χ2n) is 5.27. The summed E-state index contributed by atoms with van der Waals surface area (Å²) < 4.78 is 28.2. The molecule has 0 radical (unpaired) electrons. The summed E-state index contributed by atoms with van der Waals surface area (Å²) in [7, 11) is -3.31. The molecule has 2 aliphatic rings. The summed E-state index contributed by atoms with van der Waals surface area (Å²) in [6.07, 6.45) is 4.35. The van der Waals surface area contributed by atoms with Crippen LogP contribution < -0.4 is 0 Å². The molecule has 0 aromatic carbocycles. The topological polar surface area (TPSA) is 64.4 Å². The van der Waals surface area contributed by atoms with E-state index in [1.165, 1.54) is 0 Å². The highest BCUT2D eigenvalue weighted by molar-refractivity contribution is 7.86. The van der Waals surface area contributed by atoms with Crippen LogP contribution in [-0.2, 0) is 10.2 Å². The van der Waals surface area contributed by atoms with Gasteiger partial charge < -0.3 is 0 Å². The van der Waals surface area contributed by atoms with Gasteiger partial charge in [0.1, 0.15) is 0 Å². The molecule has 0 spiro atoms. The summed E-state index contributed by atoms with van der Waals surface area (Å²) in [5, 5.41) is 8.84. The third kappa shape index (κ3) is 2.68. The number of rotatable bonds is 2. The molecule has 2 aliphatic heterocycles. The highest BCUT2D eigenvalue weighted by Crippen LogP contribution is 2.25. The molecule has 0 aliphatic carbocycles. The Morgan fingerprint density at radius 2 is 1.78 bits per heavy atom. The van der Waals surface area contributed by atoms with Gasteiger partial charge in [0.15, 0.2) is 0 Å². The highest BCUT2D eigenvalue weighted by Gasteiger charge is 2.36. The van der Waals surface area contributed by atoms with Crippen molar-refractivity contribution < 1.29 is 8.42 Å². The Labute approximate surface area is 110 Å². The summed E-state index contributed by atoms with van der Waals surface area (Å²) in [5.41, 5.74) is 0.